The first kappa shape index (κ1) is 17.7. The third kappa shape index (κ3) is 3.29. The molecule has 7 heteroatoms. The van der Waals surface area contributed by atoms with Gasteiger partial charge in [-0.05, 0) is 6.07 Å². The SMILES string of the molecule is Oc1[nH]c2ccccc2c1N=Nc1nnc(-c2ccccc2)c(-c2ccccc2)n1. The quantitative estimate of drug-likeness (QED) is 0.377. The van der Waals surface area contributed by atoms with E-state index < -0.39 is 0 Å². The van der Waals surface area contributed by atoms with Crippen molar-refractivity contribution in [1.29, 1.82) is 0 Å². The van der Waals surface area contributed by atoms with Gasteiger partial charge in [0, 0.05) is 16.5 Å². The predicted molar refractivity (Wildman–Crippen MR) is 115 cm³/mol. The molecule has 0 amide bonds. The molecule has 5 aromatic rings. The van der Waals surface area contributed by atoms with Crippen LogP contribution in [0.4, 0.5) is 11.6 Å². The van der Waals surface area contributed by atoms with E-state index in [1.165, 1.54) is 0 Å². The Morgan fingerprint density at radius 1 is 0.667 bits per heavy atom. The van der Waals surface area contributed by atoms with Crippen LogP contribution in [0.1, 0.15) is 0 Å². The summed E-state index contributed by atoms with van der Waals surface area (Å²) >= 11 is 0. The van der Waals surface area contributed by atoms with Gasteiger partial charge in [-0.25, -0.2) is 4.98 Å². The van der Waals surface area contributed by atoms with Crippen molar-refractivity contribution in [2.75, 3.05) is 0 Å². The summed E-state index contributed by atoms with van der Waals surface area (Å²) in [5.74, 6) is 0.0512. The number of hydrogen-bond acceptors (Lipinski definition) is 6. The van der Waals surface area contributed by atoms with Gasteiger partial charge in [0.25, 0.3) is 5.95 Å². The number of benzene rings is 3. The standard InChI is InChI=1S/C23H16N6O/c30-22-21(17-13-7-8-14-18(17)24-22)27-29-23-25-19(15-9-3-1-4-10-15)20(26-28-23)16-11-5-2-6-12-16/h1-14,24,30H. The number of fused-ring (bicyclic) bond motifs is 1. The van der Waals surface area contributed by atoms with E-state index in [1.54, 1.807) is 0 Å². The molecule has 0 radical (unpaired) electrons. The van der Waals surface area contributed by atoms with Crippen LogP contribution < -0.4 is 0 Å². The summed E-state index contributed by atoms with van der Waals surface area (Å²) in [6, 6.07) is 27.0. The maximum absolute atomic E-state index is 10.2. The molecule has 0 spiro atoms. The largest absolute Gasteiger partial charge is 0.493 e. The van der Waals surface area contributed by atoms with Gasteiger partial charge in [0.15, 0.2) is 5.69 Å². The molecule has 0 saturated heterocycles. The molecule has 5 rings (SSSR count). The van der Waals surface area contributed by atoms with E-state index in [-0.39, 0.29) is 11.8 Å². The molecular formula is C23H16N6O. The van der Waals surface area contributed by atoms with Gasteiger partial charge < -0.3 is 10.1 Å². The Kier molecular flexibility index (Phi) is 4.46. The molecule has 0 aliphatic rings. The van der Waals surface area contributed by atoms with Gasteiger partial charge in [0.05, 0.1) is 5.52 Å². The first-order chi connectivity index (χ1) is 14.8. The summed E-state index contributed by atoms with van der Waals surface area (Å²) in [6.07, 6.45) is 0. The van der Waals surface area contributed by atoms with E-state index in [0.29, 0.717) is 17.1 Å². The highest BCUT2D eigenvalue weighted by atomic mass is 16.3. The number of para-hydroxylation sites is 1. The van der Waals surface area contributed by atoms with Crippen LogP contribution in [0, 0.1) is 0 Å². The molecule has 0 unspecified atom stereocenters. The molecule has 2 heterocycles. The number of nitrogens with one attached hydrogen (secondary N) is 1. The summed E-state index contributed by atoms with van der Waals surface area (Å²) in [7, 11) is 0. The van der Waals surface area contributed by atoms with E-state index in [0.717, 1.165) is 22.0 Å². The number of H-pyrrole nitrogens is 1. The number of nitrogens with zero attached hydrogens (tertiary/aromatic N) is 5. The summed E-state index contributed by atoms with van der Waals surface area (Å²) < 4.78 is 0. The minimum atomic E-state index is -0.0582. The number of aromatic amines is 1. The maximum atomic E-state index is 10.2. The van der Waals surface area contributed by atoms with Gasteiger partial charge >= 0.3 is 0 Å². The molecule has 0 aliphatic carbocycles. The molecule has 7 nitrogen and oxygen atoms in total. The van der Waals surface area contributed by atoms with E-state index in [2.05, 4.69) is 30.4 Å². The van der Waals surface area contributed by atoms with Gasteiger partial charge in [0.1, 0.15) is 11.4 Å². The second-order valence-electron chi connectivity index (χ2n) is 6.61. The van der Waals surface area contributed by atoms with Crippen LogP contribution >= 0.6 is 0 Å². The fraction of sp³-hybridized carbons (Fsp3) is 0. The average Bonchev–Trinajstić information content (AvgIpc) is 3.13. The Labute approximate surface area is 171 Å². The number of hydrogen-bond donors (Lipinski definition) is 2. The van der Waals surface area contributed by atoms with Crippen LogP contribution in [0.2, 0.25) is 0 Å². The smallest absolute Gasteiger partial charge is 0.288 e. The zero-order valence-electron chi connectivity index (χ0n) is 15.8. The Morgan fingerprint density at radius 3 is 2.03 bits per heavy atom. The fourth-order valence-corrected chi connectivity index (χ4v) is 3.26. The topological polar surface area (TPSA) is 99.4 Å². The van der Waals surface area contributed by atoms with Crippen LogP contribution in [0.15, 0.2) is 95.2 Å². The van der Waals surface area contributed by atoms with Crippen molar-refractivity contribution in [1.82, 2.24) is 20.2 Å². The van der Waals surface area contributed by atoms with Crippen LogP contribution in [-0.2, 0) is 0 Å². The van der Waals surface area contributed by atoms with Crippen molar-refractivity contribution in [3.8, 4) is 28.4 Å². The van der Waals surface area contributed by atoms with E-state index in [4.69, 9.17) is 0 Å². The molecule has 0 atom stereocenters. The highest BCUT2D eigenvalue weighted by molar-refractivity contribution is 5.94. The summed E-state index contributed by atoms with van der Waals surface area (Å²) in [4.78, 5) is 7.48. The van der Waals surface area contributed by atoms with Crippen molar-refractivity contribution < 1.29 is 5.11 Å². The van der Waals surface area contributed by atoms with Gasteiger partial charge in [-0.1, -0.05) is 78.9 Å². The lowest BCUT2D eigenvalue weighted by atomic mass is 10.0. The van der Waals surface area contributed by atoms with Crippen molar-refractivity contribution in [2.24, 2.45) is 10.2 Å². The second kappa shape index (κ2) is 7.56. The normalized spacial score (nSPS) is 11.3. The van der Waals surface area contributed by atoms with E-state index in [1.807, 2.05) is 84.9 Å². The Bertz CT molecular complexity index is 1350. The summed E-state index contributed by atoms with van der Waals surface area (Å²) in [5, 5.41) is 27.8. The molecule has 2 aromatic heterocycles. The van der Waals surface area contributed by atoms with Gasteiger partial charge in [0.2, 0.25) is 5.88 Å². The average molecular weight is 392 g/mol. The molecule has 144 valence electrons. The van der Waals surface area contributed by atoms with Crippen molar-refractivity contribution >= 4 is 22.5 Å². The van der Waals surface area contributed by atoms with Gasteiger partial charge in [-0.15, -0.1) is 20.4 Å². The Hall–Kier alpha value is -4.39. The zero-order valence-corrected chi connectivity index (χ0v) is 15.8. The molecule has 3 aromatic carbocycles. The molecule has 2 N–H and O–H groups in total. The Balaban J connectivity index is 1.60. The lowest BCUT2D eigenvalue weighted by molar-refractivity contribution is 0.459. The highest BCUT2D eigenvalue weighted by Gasteiger charge is 2.14. The zero-order chi connectivity index (χ0) is 20.3. The first-order valence-corrected chi connectivity index (χ1v) is 9.36. The number of rotatable bonds is 4. The molecule has 0 saturated carbocycles. The molecule has 0 bridgehead atoms. The third-order valence-electron chi connectivity index (χ3n) is 4.67. The predicted octanol–water partition coefficient (Wildman–Crippen LogP) is 5.81. The lowest BCUT2D eigenvalue weighted by Crippen LogP contribution is -1.96. The summed E-state index contributed by atoms with van der Waals surface area (Å²) in [6.45, 7) is 0. The molecule has 0 fully saturated rings. The van der Waals surface area contributed by atoms with Crippen LogP contribution in [-0.4, -0.2) is 25.3 Å². The first-order valence-electron chi connectivity index (χ1n) is 9.36. The van der Waals surface area contributed by atoms with E-state index in [9.17, 15) is 5.11 Å². The monoisotopic (exact) mass is 392 g/mol. The van der Waals surface area contributed by atoms with E-state index >= 15 is 0 Å². The lowest BCUT2D eigenvalue weighted by Gasteiger charge is -2.07. The molecular weight excluding hydrogens is 376 g/mol. The highest BCUT2D eigenvalue weighted by Crippen LogP contribution is 2.36. The third-order valence-corrected chi connectivity index (χ3v) is 4.67. The van der Waals surface area contributed by atoms with Gasteiger partial charge in [-0.2, -0.15) is 0 Å². The fourth-order valence-electron chi connectivity index (χ4n) is 3.26. The van der Waals surface area contributed by atoms with Crippen LogP contribution in [0.3, 0.4) is 0 Å². The minimum Gasteiger partial charge on any atom is -0.493 e. The Morgan fingerprint density at radius 2 is 1.30 bits per heavy atom. The van der Waals surface area contributed by atoms with Crippen LogP contribution in [0.5, 0.6) is 5.88 Å². The van der Waals surface area contributed by atoms with Crippen molar-refractivity contribution in [3.05, 3.63) is 84.9 Å². The van der Waals surface area contributed by atoms with Crippen molar-refractivity contribution in [2.45, 2.75) is 0 Å². The maximum Gasteiger partial charge on any atom is 0.288 e. The number of aromatic hydroxyl groups is 1. The number of aromatic nitrogens is 4. The molecule has 0 aliphatic heterocycles. The summed E-state index contributed by atoms with van der Waals surface area (Å²) in [5.41, 5.74) is 4.24. The van der Waals surface area contributed by atoms with Crippen LogP contribution in [0.25, 0.3) is 33.4 Å². The second-order valence-corrected chi connectivity index (χ2v) is 6.61. The number of azo groups is 1. The molecule has 30 heavy (non-hydrogen) atoms. The van der Waals surface area contributed by atoms with Gasteiger partial charge in [-0.3, -0.25) is 0 Å². The minimum absolute atomic E-state index is 0.0582. The van der Waals surface area contributed by atoms with Crippen molar-refractivity contribution in [3.63, 3.8) is 0 Å².